The van der Waals surface area contributed by atoms with Crippen LogP contribution >= 0.6 is 0 Å². The van der Waals surface area contributed by atoms with Crippen molar-refractivity contribution in [1.82, 2.24) is 20.3 Å². The zero-order chi connectivity index (χ0) is 23.8. The first kappa shape index (κ1) is 22.3. The number of anilines is 4. The van der Waals surface area contributed by atoms with E-state index < -0.39 is 0 Å². The molecule has 0 bridgehead atoms. The molecule has 0 amide bonds. The largest absolute Gasteiger partial charge is 0.393 e. The lowest BCUT2D eigenvalue weighted by Crippen LogP contribution is -2.41. The summed E-state index contributed by atoms with van der Waals surface area (Å²) < 4.78 is 0. The Morgan fingerprint density at radius 1 is 1.06 bits per heavy atom. The Bertz CT molecular complexity index is 1230. The van der Waals surface area contributed by atoms with Gasteiger partial charge in [0.15, 0.2) is 0 Å². The van der Waals surface area contributed by atoms with Crippen molar-refractivity contribution in [3.63, 3.8) is 0 Å². The molecule has 3 aromatic rings. The van der Waals surface area contributed by atoms with E-state index in [1.165, 1.54) is 6.42 Å². The molecule has 6 heterocycles. The molecule has 0 unspecified atom stereocenters. The van der Waals surface area contributed by atoms with E-state index >= 15 is 0 Å². The summed E-state index contributed by atoms with van der Waals surface area (Å²) in [5, 5.41) is 17.2. The van der Waals surface area contributed by atoms with Crippen LogP contribution in [-0.2, 0) is 0 Å². The van der Waals surface area contributed by atoms with Gasteiger partial charge in [0.05, 0.1) is 34.6 Å². The molecule has 3 saturated heterocycles. The fourth-order valence-electron chi connectivity index (χ4n) is 5.78. The second kappa shape index (κ2) is 9.13. The summed E-state index contributed by atoms with van der Waals surface area (Å²) in [5.74, 6) is 1.58. The van der Waals surface area contributed by atoms with Crippen LogP contribution in [0, 0.1) is 5.41 Å². The van der Waals surface area contributed by atoms with Crippen molar-refractivity contribution in [2.45, 2.75) is 38.2 Å². The van der Waals surface area contributed by atoms with Gasteiger partial charge in [0, 0.05) is 45.0 Å². The molecule has 3 aliphatic heterocycles. The highest BCUT2D eigenvalue weighted by Crippen LogP contribution is 2.38. The molecular weight excluding hydrogens is 442 g/mol. The summed E-state index contributed by atoms with van der Waals surface area (Å²) in [6, 6.07) is 7.84. The van der Waals surface area contributed by atoms with Gasteiger partial charge in [0.25, 0.3) is 5.56 Å². The number of aliphatic hydroxyl groups excluding tert-OH is 1. The lowest BCUT2D eigenvalue weighted by atomic mass is 9.78. The van der Waals surface area contributed by atoms with Gasteiger partial charge < -0.3 is 30.5 Å². The van der Waals surface area contributed by atoms with Gasteiger partial charge >= 0.3 is 0 Å². The van der Waals surface area contributed by atoms with Gasteiger partial charge in [0.2, 0.25) is 0 Å². The van der Waals surface area contributed by atoms with Crippen molar-refractivity contribution in [3.05, 3.63) is 47.0 Å². The smallest absolute Gasteiger partial charge is 0.259 e. The van der Waals surface area contributed by atoms with Gasteiger partial charge in [-0.1, -0.05) is 0 Å². The minimum absolute atomic E-state index is 0.165. The molecule has 3 aromatic heterocycles. The Morgan fingerprint density at radius 3 is 2.60 bits per heavy atom. The Labute approximate surface area is 204 Å². The van der Waals surface area contributed by atoms with E-state index in [1.807, 2.05) is 30.5 Å². The summed E-state index contributed by atoms with van der Waals surface area (Å²) in [6.45, 7) is 5.85. The number of hydrogen-bond donors (Lipinski definition) is 4. The average Bonchev–Trinajstić information content (AvgIpc) is 3.33. The molecule has 9 heteroatoms. The number of hydrogen-bond acceptors (Lipinski definition) is 8. The van der Waals surface area contributed by atoms with Crippen molar-refractivity contribution in [2.75, 3.05) is 54.4 Å². The Hall–Kier alpha value is -3.17. The molecular formula is C26H33N7O2. The molecule has 35 heavy (non-hydrogen) atoms. The fourth-order valence-corrected chi connectivity index (χ4v) is 5.78. The van der Waals surface area contributed by atoms with E-state index in [0.717, 1.165) is 82.1 Å². The SMILES string of the molecule is O=c1[nH]ccc2nc(N3CCC4(CCNC4)CC3)cc(Nc3ccc(N4CCC(O)CC4)cn3)c12. The van der Waals surface area contributed by atoms with E-state index in [1.54, 1.807) is 6.20 Å². The fraction of sp³-hybridized carbons (Fsp3) is 0.500. The van der Waals surface area contributed by atoms with Crippen molar-refractivity contribution in [1.29, 1.82) is 0 Å². The number of fused-ring (bicyclic) bond motifs is 1. The maximum absolute atomic E-state index is 12.7. The number of H-pyrrole nitrogens is 1. The lowest BCUT2D eigenvalue weighted by molar-refractivity contribution is 0.145. The van der Waals surface area contributed by atoms with Gasteiger partial charge in [-0.15, -0.1) is 0 Å². The van der Waals surface area contributed by atoms with Crippen LogP contribution in [-0.4, -0.2) is 65.4 Å². The normalized spacial score (nSPS) is 20.6. The number of nitrogens with zero attached hydrogens (tertiary/aromatic N) is 4. The topological polar surface area (TPSA) is 109 Å². The first-order valence-electron chi connectivity index (χ1n) is 12.7. The van der Waals surface area contributed by atoms with Gasteiger partial charge in [-0.05, 0) is 62.3 Å². The van der Waals surface area contributed by atoms with Crippen molar-refractivity contribution < 1.29 is 5.11 Å². The van der Waals surface area contributed by atoms with Crippen LogP contribution in [0.5, 0.6) is 0 Å². The van der Waals surface area contributed by atoms with Crippen LogP contribution in [0.3, 0.4) is 0 Å². The maximum Gasteiger partial charge on any atom is 0.259 e. The zero-order valence-corrected chi connectivity index (χ0v) is 20.0. The number of aliphatic hydroxyl groups is 1. The minimum Gasteiger partial charge on any atom is -0.393 e. The second-order valence-electron chi connectivity index (χ2n) is 10.3. The van der Waals surface area contributed by atoms with E-state index in [2.05, 4.69) is 30.4 Å². The quantitative estimate of drug-likeness (QED) is 0.456. The lowest BCUT2D eigenvalue weighted by Gasteiger charge is -2.39. The molecule has 0 aliphatic carbocycles. The second-order valence-corrected chi connectivity index (χ2v) is 10.3. The number of aromatic nitrogens is 3. The van der Waals surface area contributed by atoms with Crippen LogP contribution < -0.4 is 26.0 Å². The molecule has 3 aliphatic rings. The Balaban J connectivity index is 1.26. The van der Waals surface area contributed by atoms with Gasteiger partial charge in [0.1, 0.15) is 11.6 Å². The molecule has 1 spiro atoms. The first-order chi connectivity index (χ1) is 17.1. The standard InChI is InChI=1S/C26H33N7O2/c34-19-4-11-32(12-5-19)18-1-2-22(29-16-18)30-21-15-23(31-20-3-9-28-25(35)24(20)21)33-13-7-26(8-14-33)6-10-27-17-26/h1-3,9,15-16,19,27,34H,4-8,10-14,17H2,(H,28,35)(H,29,30,31). The number of aromatic amines is 1. The Morgan fingerprint density at radius 2 is 1.89 bits per heavy atom. The van der Waals surface area contributed by atoms with Gasteiger partial charge in [-0.25, -0.2) is 9.97 Å². The van der Waals surface area contributed by atoms with Crippen molar-refractivity contribution in [2.24, 2.45) is 5.41 Å². The maximum atomic E-state index is 12.7. The van der Waals surface area contributed by atoms with Crippen LogP contribution in [0.25, 0.3) is 10.9 Å². The molecule has 0 atom stereocenters. The van der Waals surface area contributed by atoms with E-state index in [9.17, 15) is 9.90 Å². The first-order valence-corrected chi connectivity index (χ1v) is 12.7. The molecule has 0 aromatic carbocycles. The highest BCUT2D eigenvalue weighted by Gasteiger charge is 2.37. The van der Waals surface area contributed by atoms with Gasteiger partial charge in [-0.3, -0.25) is 4.79 Å². The third-order valence-corrected chi connectivity index (χ3v) is 8.04. The number of pyridine rings is 3. The van der Waals surface area contributed by atoms with E-state index in [-0.39, 0.29) is 11.7 Å². The molecule has 184 valence electrons. The third kappa shape index (κ3) is 4.46. The summed E-state index contributed by atoms with van der Waals surface area (Å²) >= 11 is 0. The van der Waals surface area contributed by atoms with E-state index in [0.29, 0.717) is 22.1 Å². The molecule has 3 fully saturated rings. The monoisotopic (exact) mass is 475 g/mol. The van der Waals surface area contributed by atoms with Crippen molar-refractivity contribution in [3.8, 4) is 0 Å². The van der Waals surface area contributed by atoms with Crippen LogP contribution in [0.15, 0.2) is 41.5 Å². The van der Waals surface area contributed by atoms with Crippen LogP contribution in [0.1, 0.15) is 32.1 Å². The minimum atomic E-state index is -0.201. The summed E-state index contributed by atoms with van der Waals surface area (Å²) in [7, 11) is 0. The predicted octanol–water partition coefficient (Wildman–Crippen LogP) is 2.60. The summed E-state index contributed by atoms with van der Waals surface area (Å²) in [4.78, 5) is 29.6. The summed E-state index contributed by atoms with van der Waals surface area (Å²) in [5.41, 5.74) is 2.71. The van der Waals surface area contributed by atoms with E-state index in [4.69, 9.17) is 4.98 Å². The molecule has 6 rings (SSSR count). The van der Waals surface area contributed by atoms with Crippen LogP contribution in [0.2, 0.25) is 0 Å². The highest BCUT2D eigenvalue weighted by molar-refractivity contribution is 5.93. The van der Waals surface area contributed by atoms with Crippen molar-refractivity contribution >= 4 is 33.9 Å². The Kier molecular flexibility index (Phi) is 5.82. The van der Waals surface area contributed by atoms with Crippen LogP contribution in [0.4, 0.5) is 23.0 Å². The third-order valence-electron chi connectivity index (χ3n) is 8.04. The molecule has 9 nitrogen and oxygen atoms in total. The predicted molar refractivity (Wildman–Crippen MR) is 139 cm³/mol. The molecule has 4 N–H and O–H groups in total. The average molecular weight is 476 g/mol. The highest BCUT2D eigenvalue weighted by atomic mass is 16.3. The number of piperidine rings is 2. The van der Waals surface area contributed by atoms with Gasteiger partial charge in [-0.2, -0.15) is 0 Å². The molecule has 0 saturated carbocycles. The molecule has 0 radical (unpaired) electrons. The zero-order valence-electron chi connectivity index (χ0n) is 20.0. The summed E-state index contributed by atoms with van der Waals surface area (Å²) in [6.07, 6.45) is 8.45. The number of rotatable bonds is 4. The number of nitrogens with one attached hydrogen (secondary N) is 3.